The van der Waals surface area contributed by atoms with Gasteiger partial charge in [0.05, 0.1) is 12.0 Å². The monoisotopic (exact) mass is 417 g/mol. The number of benzene rings is 1. The highest BCUT2D eigenvalue weighted by Gasteiger charge is 2.36. The van der Waals surface area contributed by atoms with E-state index in [-0.39, 0.29) is 35.2 Å². The Kier molecular flexibility index (Phi) is 7.50. The zero-order valence-electron chi connectivity index (χ0n) is 15.5. The van der Waals surface area contributed by atoms with Gasteiger partial charge in [-0.25, -0.2) is 8.42 Å². The molecule has 152 valence electrons. The van der Waals surface area contributed by atoms with Crippen LogP contribution in [0.4, 0.5) is 0 Å². The van der Waals surface area contributed by atoms with Gasteiger partial charge in [0.2, 0.25) is 15.9 Å². The van der Waals surface area contributed by atoms with E-state index >= 15 is 0 Å². The second kappa shape index (κ2) is 9.23. The largest absolute Gasteiger partial charge is 0.497 e. The molecule has 27 heavy (non-hydrogen) atoms. The first kappa shape index (κ1) is 21.9. The molecule has 1 amide bonds. The number of carbonyl (C=O) groups excluding carboxylic acids is 1. The molecular formula is C18H28ClN3O4S. The van der Waals surface area contributed by atoms with Crippen molar-refractivity contribution < 1.29 is 17.9 Å². The quantitative estimate of drug-likeness (QED) is 0.783. The molecule has 0 aliphatic carbocycles. The summed E-state index contributed by atoms with van der Waals surface area (Å²) in [6.45, 7) is 2.00. The molecule has 1 atom stereocenters. The Labute approximate surface area is 167 Å². The van der Waals surface area contributed by atoms with Gasteiger partial charge in [-0.3, -0.25) is 4.79 Å². The molecule has 9 heteroatoms. The summed E-state index contributed by atoms with van der Waals surface area (Å²) in [5, 5.41) is 0. The summed E-state index contributed by atoms with van der Waals surface area (Å²) in [6, 6.07) is 6.54. The average molecular weight is 418 g/mol. The van der Waals surface area contributed by atoms with Crippen LogP contribution in [-0.2, 0) is 14.8 Å². The molecule has 2 N–H and O–H groups in total. The van der Waals surface area contributed by atoms with Crippen molar-refractivity contribution in [2.45, 2.75) is 36.6 Å². The summed E-state index contributed by atoms with van der Waals surface area (Å²) in [4.78, 5) is 14.9. The highest BCUT2D eigenvalue weighted by Crippen LogP contribution is 2.28. The molecular weight excluding hydrogens is 390 g/mol. The zero-order valence-corrected chi connectivity index (χ0v) is 17.2. The molecule has 0 aromatic heterocycles. The topological polar surface area (TPSA) is 92.9 Å². The summed E-state index contributed by atoms with van der Waals surface area (Å²) >= 11 is 0. The van der Waals surface area contributed by atoms with E-state index in [1.54, 1.807) is 31.4 Å². The Morgan fingerprint density at radius 3 is 2.33 bits per heavy atom. The smallest absolute Gasteiger partial charge is 0.243 e. The Balaban J connectivity index is 0.00000261. The first-order chi connectivity index (χ1) is 12.5. The minimum Gasteiger partial charge on any atom is -0.497 e. The molecule has 1 aromatic rings. The highest BCUT2D eigenvalue weighted by atomic mass is 35.5. The number of hydrogen-bond donors (Lipinski definition) is 1. The minimum atomic E-state index is -3.54. The highest BCUT2D eigenvalue weighted by molar-refractivity contribution is 7.89. The molecule has 2 fully saturated rings. The maximum Gasteiger partial charge on any atom is 0.243 e. The summed E-state index contributed by atoms with van der Waals surface area (Å²) in [5.41, 5.74) is 5.77. The number of likely N-dealkylation sites (tertiary alicyclic amines) is 1. The number of nitrogens with zero attached hydrogens (tertiary/aromatic N) is 2. The lowest BCUT2D eigenvalue weighted by molar-refractivity contribution is -0.137. The Morgan fingerprint density at radius 1 is 1.15 bits per heavy atom. The van der Waals surface area contributed by atoms with E-state index in [4.69, 9.17) is 10.5 Å². The molecule has 0 bridgehead atoms. The number of rotatable bonds is 5. The number of hydrogen-bond acceptors (Lipinski definition) is 5. The van der Waals surface area contributed by atoms with Crippen LogP contribution in [0.2, 0.25) is 0 Å². The van der Waals surface area contributed by atoms with Crippen LogP contribution >= 0.6 is 12.4 Å². The molecule has 1 aromatic carbocycles. The molecule has 2 heterocycles. The SMILES string of the molecule is COc1ccc(S(=O)(=O)N2CCC(C(=O)N3CCCC3CN)CC2)cc1.Cl. The minimum absolute atomic E-state index is 0. The second-order valence-corrected chi connectivity index (χ2v) is 8.86. The Hall–Kier alpha value is -1.35. The van der Waals surface area contributed by atoms with Crippen molar-refractivity contribution in [2.24, 2.45) is 11.7 Å². The summed E-state index contributed by atoms with van der Waals surface area (Å²) in [7, 11) is -2.00. The lowest BCUT2D eigenvalue weighted by atomic mass is 9.96. The molecule has 2 saturated heterocycles. The van der Waals surface area contributed by atoms with Gasteiger partial charge in [0, 0.05) is 38.1 Å². The number of carbonyl (C=O) groups is 1. The van der Waals surface area contributed by atoms with E-state index in [9.17, 15) is 13.2 Å². The molecule has 2 aliphatic heterocycles. The van der Waals surface area contributed by atoms with Crippen molar-refractivity contribution in [2.75, 3.05) is 33.3 Å². The summed E-state index contributed by atoms with van der Waals surface area (Å²) < 4.78 is 32.1. The standard InChI is InChI=1S/C18H27N3O4S.ClH/c1-25-16-4-6-17(7-5-16)26(23,24)20-11-8-14(9-12-20)18(22)21-10-2-3-15(21)13-19;/h4-7,14-15H,2-3,8-13,19H2,1H3;1H. The Bertz CT molecular complexity index is 733. The van der Waals surface area contributed by atoms with Crippen molar-refractivity contribution >= 4 is 28.3 Å². The van der Waals surface area contributed by atoms with Gasteiger partial charge in [-0.1, -0.05) is 0 Å². The number of ether oxygens (including phenoxy) is 1. The van der Waals surface area contributed by atoms with Crippen LogP contribution < -0.4 is 10.5 Å². The lowest BCUT2D eigenvalue weighted by Gasteiger charge is -2.34. The molecule has 3 rings (SSSR count). The molecule has 7 nitrogen and oxygen atoms in total. The third-order valence-corrected chi connectivity index (χ3v) is 7.35. The number of piperidine rings is 1. The predicted molar refractivity (Wildman–Crippen MR) is 106 cm³/mol. The van der Waals surface area contributed by atoms with Gasteiger partial charge in [-0.2, -0.15) is 4.31 Å². The molecule has 1 unspecified atom stereocenters. The van der Waals surface area contributed by atoms with E-state index < -0.39 is 10.0 Å². The van der Waals surface area contributed by atoms with E-state index in [1.165, 1.54) is 4.31 Å². The van der Waals surface area contributed by atoms with Gasteiger partial charge in [0.25, 0.3) is 0 Å². The van der Waals surface area contributed by atoms with Crippen molar-refractivity contribution in [3.63, 3.8) is 0 Å². The van der Waals surface area contributed by atoms with Gasteiger partial charge in [-0.05, 0) is 49.9 Å². The number of nitrogens with two attached hydrogens (primary N) is 1. The van der Waals surface area contributed by atoms with Crippen LogP contribution in [0.15, 0.2) is 29.2 Å². The Morgan fingerprint density at radius 2 is 1.78 bits per heavy atom. The maximum atomic E-state index is 12.8. The van der Waals surface area contributed by atoms with Crippen molar-refractivity contribution in [1.82, 2.24) is 9.21 Å². The van der Waals surface area contributed by atoms with E-state index in [0.29, 0.717) is 38.2 Å². The second-order valence-electron chi connectivity index (χ2n) is 6.92. The molecule has 0 radical (unpaired) electrons. The number of halogens is 1. The van der Waals surface area contributed by atoms with Crippen LogP contribution in [0.25, 0.3) is 0 Å². The zero-order chi connectivity index (χ0) is 18.7. The van der Waals surface area contributed by atoms with E-state index in [0.717, 1.165) is 19.4 Å². The van der Waals surface area contributed by atoms with Crippen molar-refractivity contribution in [3.8, 4) is 5.75 Å². The van der Waals surface area contributed by atoms with Gasteiger partial charge >= 0.3 is 0 Å². The van der Waals surface area contributed by atoms with Crippen LogP contribution in [0.3, 0.4) is 0 Å². The van der Waals surface area contributed by atoms with Crippen LogP contribution in [-0.4, -0.2) is 62.9 Å². The fraction of sp³-hybridized carbons (Fsp3) is 0.611. The van der Waals surface area contributed by atoms with E-state index in [1.807, 2.05) is 4.90 Å². The number of sulfonamides is 1. The fourth-order valence-electron chi connectivity index (χ4n) is 3.85. The van der Waals surface area contributed by atoms with Gasteiger partial charge in [0.15, 0.2) is 0 Å². The van der Waals surface area contributed by atoms with Gasteiger partial charge in [-0.15, -0.1) is 12.4 Å². The third-order valence-electron chi connectivity index (χ3n) is 5.43. The van der Waals surface area contributed by atoms with Gasteiger partial charge in [0.1, 0.15) is 5.75 Å². The molecule has 0 saturated carbocycles. The maximum absolute atomic E-state index is 12.8. The first-order valence-electron chi connectivity index (χ1n) is 9.12. The van der Waals surface area contributed by atoms with Crippen LogP contribution in [0.5, 0.6) is 5.75 Å². The first-order valence-corrected chi connectivity index (χ1v) is 10.6. The van der Waals surface area contributed by atoms with Gasteiger partial charge < -0.3 is 15.4 Å². The van der Waals surface area contributed by atoms with E-state index in [2.05, 4.69) is 0 Å². The summed E-state index contributed by atoms with van der Waals surface area (Å²) in [5.74, 6) is 0.650. The predicted octanol–water partition coefficient (Wildman–Crippen LogP) is 1.47. The lowest BCUT2D eigenvalue weighted by Crippen LogP contribution is -2.47. The van der Waals surface area contributed by atoms with Crippen LogP contribution in [0, 0.1) is 5.92 Å². The fourth-order valence-corrected chi connectivity index (χ4v) is 5.31. The van der Waals surface area contributed by atoms with Crippen molar-refractivity contribution in [1.29, 1.82) is 0 Å². The average Bonchev–Trinajstić information content (AvgIpc) is 3.16. The summed E-state index contributed by atoms with van der Waals surface area (Å²) in [6.07, 6.45) is 3.08. The van der Waals surface area contributed by atoms with Crippen molar-refractivity contribution in [3.05, 3.63) is 24.3 Å². The normalized spacial score (nSPS) is 21.7. The molecule has 0 spiro atoms. The molecule has 2 aliphatic rings. The third kappa shape index (κ3) is 4.56. The van der Waals surface area contributed by atoms with Crippen LogP contribution in [0.1, 0.15) is 25.7 Å². The number of methoxy groups -OCH3 is 1. The number of amides is 1.